The van der Waals surface area contributed by atoms with Crippen LogP contribution >= 0.6 is 0 Å². The molecule has 0 aromatic heterocycles. The summed E-state index contributed by atoms with van der Waals surface area (Å²) in [6.45, 7) is 0.435. The van der Waals surface area contributed by atoms with Crippen molar-refractivity contribution in [3.8, 4) is 0 Å². The molecule has 1 unspecified atom stereocenters. The lowest BCUT2D eigenvalue weighted by Gasteiger charge is -2.16. The van der Waals surface area contributed by atoms with Crippen molar-refractivity contribution in [1.29, 1.82) is 0 Å². The first-order valence-electron chi connectivity index (χ1n) is 6.27. The molecular formula is C13H14FNO5S. The van der Waals surface area contributed by atoms with Gasteiger partial charge in [0.25, 0.3) is 0 Å². The molecule has 1 heterocycles. The van der Waals surface area contributed by atoms with Crippen LogP contribution in [0.15, 0.2) is 24.3 Å². The molecule has 1 aliphatic rings. The molecular weight excluding hydrogens is 301 g/mol. The van der Waals surface area contributed by atoms with Gasteiger partial charge in [0.05, 0.1) is 11.3 Å². The number of benzene rings is 1. The lowest BCUT2D eigenvalue weighted by Crippen LogP contribution is -2.25. The van der Waals surface area contributed by atoms with Crippen LogP contribution in [0.25, 0.3) is 0 Å². The number of nitrogens with zero attached hydrogens (tertiary/aromatic N) is 1. The number of carbonyl (C=O) groups excluding carboxylic acids is 1. The molecule has 114 valence electrons. The fourth-order valence-electron chi connectivity index (χ4n) is 2.37. The molecule has 1 aromatic rings. The summed E-state index contributed by atoms with van der Waals surface area (Å²) in [5.74, 6) is -2.45. The average Bonchev–Trinajstić information content (AvgIpc) is 2.67. The highest BCUT2D eigenvalue weighted by Crippen LogP contribution is 2.22. The monoisotopic (exact) mass is 315 g/mol. The lowest BCUT2D eigenvalue weighted by atomic mass is 10.1. The zero-order chi connectivity index (χ0) is 15.6. The van der Waals surface area contributed by atoms with Gasteiger partial charge >= 0.3 is 16.2 Å². The summed E-state index contributed by atoms with van der Waals surface area (Å²) in [6, 6.07) is 6.05. The van der Waals surface area contributed by atoms with E-state index in [0.717, 1.165) is 5.56 Å². The number of carboxylic acids is 1. The Bertz CT molecular complexity index is 656. The third-order valence-corrected chi connectivity index (χ3v) is 4.17. The molecule has 0 spiro atoms. The molecule has 0 bridgehead atoms. The van der Waals surface area contributed by atoms with Gasteiger partial charge < -0.3 is 10.0 Å². The van der Waals surface area contributed by atoms with Gasteiger partial charge in [-0.15, -0.1) is 3.89 Å². The number of rotatable bonds is 5. The van der Waals surface area contributed by atoms with E-state index in [2.05, 4.69) is 0 Å². The van der Waals surface area contributed by atoms with Gasteiger partial charge in [0, 0.05) is 25.4 Å². The molecule has 1 amide bonds. The van der Waals surface area contributed by atoms with Gasteiger partial charge in [-0.2, -0.15) is 8.42 Å². The van der Waals surface area contributed by atoms with E-state index in [1.807, 2.05) is 0 Å². The molecule has 21 heavy (non-hydrogen) atoms. The number of amides is 1. The second-order valence-electron chi connectivity index (χ2n) is 5.05. The fourth-order valence-corrected chi connectivity index (χ4v) is 3.16. The van der Waals surface area contributed by atoms with E-state index in [-0.39, 0.29) is 31.0 Å². The normalized spacial score (nSPS) is 19.0. The third-order valence-electron chi connectivity index (χ3n) is 3.30. The smallest absolute Gasteiger partial charge is 0.335 e. The quantitative estimate of drug-likeness (QED) is 0.820. The number of likely N-dealkylation sites (tertiary alicyclic amines) is 1. The van der Waals surface area contributed by atoms with Crippen molar-refractivity contribution in [1.82, 2.24) is 4.90 Å². The van der Waals surface area contributed by atoms with E-state index in [0.29, 0.717) is 0 Å². The highest BCUT2D eigenvalue weighted by atomic mass is 32.3. The molecule has 0 saturated carbocycles. The van der Waals surface area contributed by atoms with E-state index in [1.165, 1.54) is 17.0 Å². The summed E-state index contributed by atoms with van der Waals surface area (Å²) < 4.78 is 33.8. The van der Waals surface area contributed by atoms with Crippen molar-refractivity contribution in [3.63, 3.8) is 0 Å². The van der Waals surface area contributed by atoms with Crippen molar-refractivity contribution < 1.29 is 27.0 Å². The Labute approximate surface area is 121 Å². The second-order valence-corrected chi connectivity index (χ2v) is 6.46. The summed E-state index contributed by atoms with van der Waals surface area (Å²) in [4.78, 5) is 23.9. The Morgan fingerprint density at radius 3 is 2.48 bits per heavy atom. The topological polar surface area (TPSA) is 91.8 Å². The van der Waals surface area contributed by atoms with E-state index in [4.69, 9.17) is 5.11 Å². The van der Waals surface area contributed by atoms with Crippen LogP contribution in [0.5, 0.6) is 0 Å². The number of carbonyl (C=O) groups is 2. The Kier molecular flexibility index (Phi) is 4.26. The van der Waals surface area contributed by atoms with Crippen molar-refractivity contribution in [2.45, 2.75) is 13.0 Å². The van der Waals surface area contributed by atoms with Crippen LogP contribution in [0, 0.1) is 5.92 Å². The summed E-state index contributed by atoms with van der Waals surface area (Å²) in [5.41, 5.74) is 0.880. The van der Waals surface area contributed by atoms with Gasteiger partial charge in [0.2, 0.25) is 5.91 Å². The molecule has 1 aromatic carbocycles. The molecule has 8 heteroatoms. The summed E-state index contributed by atoms with van der Waals surface area (Å²) >= 11 is 0. The minimum atomic E-state index is -4.59. The van der Waals surface area contributed by atoms with Crippen LogP contribution in [0.4, 0.5) is 3.89 Å². The van der Waals surface area contributed by atoms with Crippen LogP contribution in [-0.4, -0.2) is 42.6 Å². The standard InChI is InChI=1S/C13H14FNO5S/c14-21(19,20)8-10-5-12(16)15(7-10)6-9-1-3-11(4-2-9)13(17)18/h1-4,10H,5-8H2,(H,17,18). The minimum Gasteiger partial charge on any atom is -0.478 e. The van der Waals surface area contributed by atoms with E-state index < -0.39 is 27.9 Å². The molecule has 0 aliphatic carbocycles. The van der Waals surface area contributed by atoms with Crippen LogP contribution in [0.3, 0.4) is 0 Å². The molecule has 1 aliphatic heterocycles. The maximum atomic E-state index is 12.6. The number of carboxylic acid groups (broad SMARTS) is 1. The lowest BCUT2D eigenvalue weighted by molar-refractivity contribution is -0.128. The Morgan fingerprint density at radius 2 is 1.95 bits per heavy atom. The zero-order valence-corrected chi connectivity index (χ0v) is 11.8. The molecule has 1 fully saturated rings. The summed E-state index contributed by atoms with van der Waals surface area (Å²) in [6.07, 6.45) is 0.0103. The highest BCUT2D eigenvalue weighted by molar-refractivity contribution is 7.86. The van der Waals surface area contributed by atoms with Crippen LogP contribution < -0.4 is 0 Å². The number of aromatic carboxylic acids is 1. The fraction of sp³-hybridized carbons (Fsp3) is 0.385. The maximum Gasteiger partial charge on any atom is 0.335 e. The predicted octanol–water partition coefficient (Wildman–Crippen LogP) is 1.03. The Morgan fingerprint density at radius 1 is 1.33 bits per heavy atom. The number of hydrogen-bond acceptors (Lipinski definition) is 4. The van der Waals surface area contributed by atoms with E-state index >= 15 is 0 Å². The van der Waals surface area contributed by atoms with Crippen LogP contribution in [-0.2, 0) is 21.6 Å². The van der Waals surface area contributed by atoms with Gasteiger partial charge in [0.1, 0.15) is 0 Å². The van der Waals surface area contributed by atoms with Gasteiger partial charge in [-0.05, 0) is 17.7 Å². The molecule has 2 rings (SSSR count). The van der Waals surface area contributed by atoms with Crippen LogP contribution in [0.1, 0.15) is 22.3 Å². The first-order chi connectivity index (χ1) is 9.74. The molecule has 1 saturated heterocycles. The van der Waals surface area contributed by atoms with Crippen molar-refractivity contribution in [2.24, 2.45) is 5.92 Å². The molecule has 0 radical (unpaired) electrons. The van der Waals surface area contributed by atoms with Crippen LogP contribution in [0.2, 0.25) is 0 Å². The first kappa shape index (κ1) is 15.4. The average molecular weight is 315 g/mol. The SMILES string of the molecule is O=C(O)c1ccc(CN2CC(CS(=O)(=O)F)CC2=O)cc1. The van der Waals surface area contributed by atoms with Gasteiger partial charge in [-0.25, -0.2) is 4.79 Å². The Hall–Kier alpha value is -1.96. The van der Waals surface area contributed by atoms with Gasteiger partial charge in [-0.1, -0.05) is 12.1 Å². The van der Waals surface area contributed by atoms with E-state index in [1.54, 1.807) is 12.1 Å². The van der Waals surface area contributed by atoms with Crippen molar-refractivity contribution >= 4 is 22.1 Å². The van der Waals surface area contributed by atoms with Crippen molar-refractivity contribution in [3.05, 3.63) is 35.4 Å². The molecule has 1 atom stereocenters. The van der Waals surface area contributed by atoms with Gasteiger partial charge in [-0.3, -0.25) is 4.79 Å². The first-order valence-corrected chi connectivity index (χ1v) is 7.82. The number of hydrogen-bond donors (Lipinski definition) is 1. The summed E-state index contributed by atoms with van der Waals surface area (Å²) in [7, 11) is -4.59. The number of halogens is 1. The molecule has 1 N–H and O–H groups in total. The predicted molar refractivity (Wildman–Crippen MR) is 71.8 cm³/mol. The minimum absolute atomic E-state index is 0.0103. The van der Waals surface area contributed by atoms with E-state index in [9.17, 15) is 21.9 Å². The third kappa shape index (κ3) is 4.25. The molecule has 6 nitrogen and oxygen atoms in total. The van der Waals surface area contributed by atoms with Crippen molar-refractivity contribution in [2.75, 3.05) is 12.3 Å². The second kappa shape index (κ2) is 5.80. The zero-order valence-electron chi connectivity index (χ0n) is 11.0. The Balaban J connectivity index is 2.00. The maximum absolute atomic E-state index is 12.6. The largest absolute Gasteiger partial charge is 0.478 e. The highest BCUT2D eigenvalue weighted by Gasteiger charge is 2.32. The van der Waals surface area contributed by atoms with Gasteiger partial charge in [0.15, 0.2) is 0 Å². The summed E-state index contributed by atoms with van der Waals surface area (Å²) in [5, 5.41) is 8.79.